The summed E-state index contributed by atoms with van der Waals surface area (Å²) >= 11 is 0. The molecule has 0 radical (unpaired) electrons. The fourth-order valence-corrected chi connectivity index (χ4v) is 3.36. The number of hydrogen-bond donors (Lipinski definition) is 2. The molecule has 23 heavy (non-hydrogen) atoms. The van der Waals surface area contributed by atoms with Crippen molar-refractivity contribution in [2.75, 3.05) is 7.11 Å². The number of esters is 1. The van der Waals surface area contributed by atoms with Crippen LogP contribution in [0, 0.1) is 6.92 Å². The Balaban J connectivity index is 1.87. The van der Waals surface area contributed by atoms with Crippen molar-refractivity contribution in [1.82, 2.24) is 10.3 Å². The molecule has 0 spiro atoms. The smallest absolute Gasteiger partial charge is 0.323 e. The molecule has 3 aromatic rings. The number of H-pyrrole nitrogens is 1. The van der Waals surface area contributed by atoms with Crippen LogP contribution in [-0.4, -0.2) is 24.1 Å². The summed E-state index contributed by atoms with van der Waals surface area (Å²) in [5.41, 5.74) is 3.27. The van der Waals surface area contributed by atoms with E-state index in [0.717, 1.165) is 33.7 Å². The van der Waals surface area contributed by atoms with E-state index in [4.69, 9.17) is 9.15 Å². The highest BCUT2D eigenvalue weighted by molar-refractivity contribution is 5.87. The summed E-state index contributed by atoms with van der Waals surface area (Å²) in [6, 6.07) is 11.4. The summed E-state index contributed by atoms with van der Waals surface area (Å²) < 4.78 is 10.7. The molecule has 0 saturated heterocycles. The topological polar surface area (TPSA) is 67.3 Å². The highest BCUT2D eigenvalue weighted by Gasteiger charge is 2.35. The standard InChI is InChI=1S/C18H18N2O3/c1-10-7-8-15(23-10)17-16-12(9-14(20-17)18(21)22-2)11-5-3-4-6-13(11)19-16/h3-8,14,17,19-20H,9H2,1-2H3. The third-order valence-electron chi connectivity index (χ3n) is 4.44. The number of carbonyl (C=O) groups excluding carboxylic acids is 1. The lowest BCUT2D eigenvalue weighted by Crippen LogP contribution is -2.45. The van der Waals surface area contributed by atoms with Crippen LogP contribution in [0.2, 0.25) is 0 Å². The minimum Gasteiger partial charge on any atom is -0.468 e. The van der Waals surface area contributed by atoms with E-state index in [9.17, 15) is 4.79 Å². The summed E-state index contributed by atoms with van der Waals surface area (Å²) in [7, 11) is 1.42. The van der Waals surface area contributed by atoms with E-state index in [0.29, 0.717) is 6.42 Å². The third kappa shape index (κ3) is 2.24. The van der Waals surface area contributed by atoms with Gasteiger partial charge in [0, 0.05) is 23.0 Å². The van der Waals surface area contributed by atoms with Gasteiger partial charge in [-0.15, -0.1) is 0 Å². The molecule has 2 N–H and O–H groups in total. The number of aromatic amines is 1. The van der Waals surface area contributed by atoms with Crippen molar-refractivity contribution in [1.29, 1.82) is 0 Å². The van der Waals surface area contributed by atoms with Crippen LogP contribution >= 0.6 is 0 Å². The molecule has 0 saturated carbocycles. The zero-order valence-electron chi connectivity index (χ0n) is 13.1. The van der Waals surface area contributed by atoms with Crippen molar-refractivity contribution in [3.05, 3.63) is 59.2 Å². The molecule has 4 rings (SSSR count). The van der Waals surface area contributed by atoms with Crippen molar-refractivity contribution in [3.8, 4) is 0 Å². The quantitative estimate of drug-likeness (QED) is 0.714. The van der Waals surface area contributed by atoms with Crippen molar-refractivity contribution in [2.45, 2.75) is 25.4 Å². The van der Waals surface area contributed by atoms with Crippen LogP contribution in [0.3, 0.4) is 0 Å². The van der Waals surface area contributed by atoms with Crippen LogP contribution in [0.25, 0.3) is 10.9 Å². The molecule has 1 aliphatic rings. The molecule has 5 nitrogen and oxygen atoms in total. The Labute approximate surface area is 133 Å². The SMILES string of the molecule is COC(=O)C1Cc2c([nH]c3ccccc23)C(c2ccc(C)o2)N1. The Morgan fingerprint density at radius 3 is 2.83 bits per heavy atom. The van der Waals surface area contributed by atoms with Crippen molar-refractivity contribution in [3.63, 3.8) is 0 Å². The number of furan rings is 1. The predicted octanol–water partition coefficient (Wildman–Crippen LogP) is 2.85. The fraction of sp³-hybridized carbons (Fsp3) is 0.278. The van der Waals surface area contributed by atoms with E-state index in [1.165, 1.54) is 7.11 Å². The Hall–Kier alpha value is -2.53. The lowest BCUT2D eigenvalue weighted by molar-refractivity contribution is -0.143. The molecule has 1 aliphatic heterocycles. The lowest BCUT2D eigenvalue weighted by atomic mass is 9.93. The first-order chi connectivity index (χ1) is 11.2. The number of benzene rings is 1. The molecule has 1 aromatic carbocycles. The van der Waals surface area contributed by atoms with Gasteiger partial charge < -0.3 is 14.1 Å². The van der Waals surface area contributed by atoms with Crippen molar-refractivity contribution >= 4 is 16.9 Å². The second-order valence-electron chi connectivity index (χ2n) is 5.89. The largest absolute Gasteiger partial charge is 0.468 e. The number of para-hydroxylation sites is 1. The average molecular weight is 310 g/mol. The van der Waals surface area contributed by atoms with E-state index in [2.05, 4.69) is 16.4 Å². The Kier molecular flexibility index (Phi) is 3.23. The van der Waals surface area contributed by atoms with Crippen LogP contribution in [0.5, 0.6) is 0 Å². The normalized spacial score (nSPS) is 20.4. The van der Waals surface area contributed by atoms with Gasteiger partial charge in [0.25, 0.3) is 0 Å². The number of hydrogen-bond acceptors (Lipinski definition) is 4. The van der Waals surface area contributed by atoms with Gasteiger partial charge in [-0.1, -0.05) is 18.2 Å². The van der Waals surface area contributed by atoms with E-state index in [1.807, 2.05) is 37.3 Å². The first-order valence-electron chi connectivity index (χ1n) is 7.67. The molecule has 0 amide bonds. The number of ether oxygens (including phenoxy) is 1. The van der Waals surface area contributed by atoms with Crippen LogP contribution < -0.4 is 5.32 Å². The van der Waals surface area contributed by atoms with Crippen molar-refractivity contribution in [2.24, 2.45) is 0 Å². The minimum atomic E-state index is -0.387. The maximum atomic E-state index is 12.1. The minimum absolute atomic E-state index is 0.191. The average Bonchev–Trinajstić information content (AvgIpc) is 3.16. The first kappa shape index (κ1) is 14.1. The van der Waals surface area contributed by atoms with E-state index < -0.39 is 0 Å². The molecular weight excluding hydrogens is 292 g/mol. The van der Waals surface area contributed by atoms with Gasteiger partial charge in [0.2, 0.25) is 0 Å². The summed E-state index contributed by atoms with van der Waals surface area (Å²) in [6.07, 6.45) is 0.599. The van der Waals surface area contributed by atoms with Crippen LogP contribution in [0.4, 0.5) is 0 Å². The number of aromatic nitrogens is 1. The van der Waals surface area contributed by atoms with E-state index in [1.54, 1.807) is 0 Å². The third-order valence-corrected chi connectivity index (χ3v) is 4.44. The maximum Gasteiger partial charge on any atom is 0.323 e. The maximum absolute atomic E-state index is 12.1. The second kappa shape index (κ2) is 5.28. The van der Waals surface area contributed by atoms with Gasteiger partial charge in [-0.3, -0.25) is 10.1 Å². The van der Waals surface area contributed by atoms with E-state index in [-0.39, 0.29) is 18.1 Å². The van der Waals surface area contributed by atoms with Crippen LogP contribution in [0.1, 0.15) is 28.8 Å². The number of nitrogens with one attached hydrogen (secondary N) is 2. The Morgan fingerprint density at radius 2 is 2.09 bits per heavy atom. The van der Waals surface area contributed by atoms with Gasteiger partial charge in [-0.2, -0.15) is 0 Å². The number of carbonyl (C=O) groups is 1. The molecule has 118 valence electrons. The predicted molar refractivity (Wildman–Crippen MR) is 86.2 cm³/mol. The van der Waals surface area contributed by atoms with Gasteiger partial charge in [0.1, 0.15) is 23.6 Å². The molecule has 3 heterocycles. The summed E-state index contributed by atoms with van der Waals surface area (Å²) in [6.45, 7) is 1.91. The number of methoxy groups -OCH3 is 1. The first-order valence-corrected chi connectivity index (χ1v) is 7.67. The molecular formula is C18H18N2O3. The summed E-state index contributed by atoms with van der Waals surface area (Å²) in [5.74, 6) is 1.39. The molecule has 0 fully saturated rings. The molecule has 2 atom stereocenters. The summed E-state index contributed by atoms with van der Waals surface area (Å²) in [4.78, 5) is 15.6. The second-order valence-corrected chi connectivity index (χ2v) is 5.89. The number of rotatable bonds is 2. The molecule has 0 bridgehead atoms. The molecule has 0 aliphatic carbocycles. The van der Waals surface area contributed by atoms with Crippen LogP contribution in [0.15, 0.2) is 40.8 Å². The molecule has 2 unspecified atom stereocenters. The van der Waals surface area contributed by atoms with Gasteiger partial charge >= 0.3 is 5.97 Å². The Bertz CT molecular complexity index is 877. The fourth-order valence-electron chi connectivity index (χ4n) is 3.36. The Morgan fingerprint density at radius 1 is 1.26 bits per heavy atom. The highest BCUT2D eigenvalue weighted by atomic mass is 16.5. The van der Waals surface area contributed by atoms with Gasteiger partial charge in [0.15, 0.2) is 0 Å². The molecule has 5 heteroatoms. The van der Waals surface area contributed by atoms with Crippen LogP contribution in [-0.2, 0) is 16.0 Å². The monoisotopic (exact) mass is 310 g/mol. The van der Waals surface area contributed by atoms with Gasteiger partial charge in [-0.25, -0.2) is 0 Å². The number of aryl methyl sites for hydroxylation is 1. The van der Waals surface area contributed by atoms with E-state index >= 15 is 0 Å². The lowest BCUT2D eigenvalue weighted by Gasteiger charge is -2.28. The number of fused-ring (bicyclic) bond motifs is 3. The molecule has 2 aromatic heterocycles. The summed E-state index contributed by atoms with van der Waals surface area (Å²) in [5, 5.41) is 4.50. The zero-order chi connectivity index (χ0) is 16.0. The van der Waals surface area contributed by atoms with Gasteiger partial charge in [-0.05, 0) is 30.7 Å². The zero-order valence-corrected chi connectivity index (χ0v) is 13.1. The van der Waals surface area contributed by atoms with Crippen molar-refractivity contribution < 1.29 is 13.9 Å². The highest BCUT2D eigenvalue weighted by Crippen LogP contribution is 2.35. The van der Waals surface area contributed by atoms with Gasteiger partial charge in [0.05, 0.1) is 7.11 Å².